The molecule has 94 valence electrons. The zero-order valence-corrected chi connectivity index (χ0v) is 10.6. The summed E-state index contributed by atoms with van der Waals surface area (Å²) in [6.07, 6.45) is 3.58. The van der Waals surface area contributed by atoms with Crippen LogP contribution in [0, 0.1) is 6.92 Å². The number of anilines is 1. The van der Waals surface area contributed by atoms with E-state index in [9.17, 15) is 5.11 Å². The molecule has 1 saturated heterocycles. The van der Waals surface area contributed by atoms with Gasteiger partial charge in [0, 0.05) is 18.3 Å². The Balaban J connectivity index is 2.00. The van der Waals surface area contributed by atoms with E-state index in [1.165, 1.54) is 0 Å². The lowest BCUT2D eigenvalue weighted by molar-refractivity contribution is 0.00925. The normalized spacial score (nSPS) is 24.6. The van der Waals surface area contributed by atoms with Gasteiger partial charge in [-0.05, 0) is 49.9 Å². The molecule has 1 heterocycles. The maximum absolute atomic E-state index is 9.38. The van der Waals surface area contributed by atoms with Crippen molar-refractivity contribution in [3.8, 4) is 5.75 Å². The molecule has 2 N–H and O–H groups in total. The first kappa shape index (κ1) is 12.2. The van der Waals surface area contributed by atoms with E-state index in [1.807, 2.05) is 13.0 Å². The number of aromatic hydroxyl groups is 1. The molecule has 0 saturated carbocycles. The van der Waals surface area contributed by atoms with Crippen LogP contribution in [-0.2, 0) is 4.74 Å². The van der Waals surface area contributed by atoms with Gasteiger partial charge in [-0.3, -0.25) is 0 Å². The van der Waals surface area contributed by atoms with Gasteiger partial charge in [-0.2, -0.15) is 0 Å². The van der Waals surface area contributed by atoms with Gasteiger partial charge in [0.2, 0.25) is 0 Å². The number of hydrogen-bond donors (Lipinski definition) is 2. The Kier molecular flexibility index (Phi) is 3.89. The van der Waals surface area contributed by atoms with E-state index < -0.39 is 0 Å². The SMILES string of the molecule is CCC1CC(Nc2ccc(O)cc2C)CCO1. The first-order valence-electron chi connectivity index (χ1n) is 6.36. The smallest absolute Gasteiger partial charge is 0.115 e. The lowest BCUT2D eigenvalue weighted by atomic mass is 10.0. The average molecular weight is 235 g/mol. The third-order valence-electron chi connectivity index (χ3n) is 3.39. The topological polar surface area (TPSA) is 41.5 Å². The molecule has 2 atom stereocenters. The molecule has 0 spiro atoms. The summed E-state index contributed by atoms with van der Waals surface area (Å²) in [5.74, 6) is 0.325. The van der Waals surface area contributed by atoms with Crippen LogP contribution in [0.1, 0.15) is 31.7 Å². The number of aryl methyl sites for hydroxylation is 1. The molecule has 0 bridgehead atoms. The van der Waals surface area contributed by atoms with Gasteiger partial charge in [-0.25, -0.2) is 0 Å². The highest BCUT2D eigenvalue weighted by atomic mass is 16.5. The predicted molar refractivity (Wildman–Crippen MR) is 69.5 cm³/mol. The van der Waals surface area contributed by atoms with Gasteiger partial charge in [0.05, 0.1) is 6.10 Å². The average Bonchev–Trinajstić information content (AvgIpc) is 2.33. The quantitative estimate of drug-likeness (QED) is 0.791. The minimum atomic E-state index is 0.325. The molecule has 2 unspecified atom stereocenters. The molecular weight excluding hydrogens is 214 g/mol. The minimum absolute atomic E-state index is 0.325. The summed E-state index contributed by atoms with van der Waals surface area (Å²) in [6, 6.07) is 5.95. The van der Waals surface area contributed by atoms with Crippen LogP contribution in [0.3, 0.4) is 0 Å². The van der Waals surface area contributed by atoms with Crippen molar-refractivity contribution in [3.05, 3.63) is 23.8 Å². The molecule has 3 heteroatoms. The second kappa shape index (κ2) is 5.41. The Morgan fingerprint density at radius 3 is 3.00 bits per heavy atom. The fourth-order valence-electron chi connectivity index (χ4n) is 2.33. The van der Waals surface area contributed by atoms with Crippen LogP contribution in [0.4, 0.5) is 5.69 Å². The van der Waals surface area contributed by atoms with E-state index in [2.05, 4.69) is 12.2 Å². The second-order valence-corrected chi connectivity index (χ2v) is 4.77. The van der Waals surface area contributed by atoms with Gasteiger partial charge in [0.15, 0.2) is 0 Å². The molecule has 17 heavy (non-hydrogen) atoms. The zero-order valence-electron chi connectivity index (χ0n) is 10.6. The van der Waals surface area contributed by atoms with Gasteiger partial charge in [0.1, 0.15) is 5.75 Å². The van der Waals surface area contributed by atoms with Crippen molar-refractivity contribution in [2.24, 2.45) is 0 Å². The van der Waals surface area contributed by atoms with Crippen molar-refractivity contribution in [1.29, 1.82) is 0 Å². The summed E-state index contributed by atoms with van der Waals surface area (Å²) in [7, 11) is 0. The number of benzene rings is 1. The molecule has 1 fully saturated rings. The minimum Gasteiger partial charge on any atom is -0.508 e. The molecule has 1 aromatic carbocycles. The van der Waals surface area contributed by atoms with Gasteiger partial charge >= 0.3 is 0 Å². The number of rotatable bonds is 3. The number of nitrogens with one attached hydrogen (secondary N) is 1. The Hall–Kier alpha value is -1.22. The van der Waals surface area contributed by atoms with E-state index >= 15 is 0 Å². The van der Waals surface area contributed by atoms with Crippen LogP contribution < -0.4 is 5.32 Å². The van der Waals surface area contributed by atoms with E-state index in [1.54, 1.807) is 12.1 Å². The van der Waals surface area contributed by atoms with Gasteiger partial charge < -0.3 is 15.2 Å². The molecular formula is C14H21NO2. The van der Waals surface area contributed by atoms with Crippen molar-refractivity contribution < 1.29 is 9.84 Å². The van der Waals surface area contributed by atoms with Crippen molar-refractivity contribution in [1.82, 2.24) is 0 Å². The second-order valence-electron chi connectivity index (χ2n) is 4.77. The van der Waals surface area contributed by atoms with Crippen LogP contribution in [0.5, 0.6) is 5.75 Å². The van der Waals surface area contributed by atoms with Gasteiger partial charge in [-0.1, -0.05) is 6.92 Å². The van der Waals surface area contributed by atoms with Crippen LogP contribution in [0.2, 0.25) is 0 Å². The summed E-state index contributed by atoms with van der Waals surface area (Å²) in [5, 5.41) is 12.9. The largest absolute Gasteiger partial charge is 0.508 e. The Morgan fingerprint density at radius 1 is 1.47 bits per heavy atom. The summed E-state index contributed by atoms with van der Waals surface area (Å²) in [5.41, 5.74) is 2.20. The van der Waals surface area contributed by atoms with Gasteiger partial charge in [0.25, 0.3) is 0 Å². The third kappa shape index (κ3) is 3.13. The van der Waals surface area contributed by atoms with Crippen LogP contribution in [0.25, 0.3) is 0 Å². The lowest BCUT2D eigenvalue weighted by Gasteiger charge is -2.30. The number of phenols is 1. The fraction of sp³-hybridized carbons (Fsp3) is 0.571. The Bertz CT molecular complexity index is 378. The number of hydrogen-bond acceptors (Lipinski definition) is 3. The van der Waals surface area contributed by atoms with Crippen LogP contribution in [0.15, 0.2) is 18.2 Å². The lowest BCUT2D eigenvalue weighted by Crippen LogP contribution is -2.33. The number of ether oxygens (including phenoxy) is 1. The summed E-state index contributed by atoms with van der Waals surface area (Å²) in [4.78, 5) is 0. The first-order valence-corrected chi connectivity index (χ1v) is 6.36. The maximum atomic E-state index is 9.38. The van der Waals surface area contributed by atoms with E-state index in [0.717, 1.165) is 37.1 Å². The summed E-state index contributed by atoms with van der Waals surface area (Å²) >= 11 is 0. The molecule has 2 rings (SSSR count). The molecule has 0 aliphatic carbocycles. The zero-order chi connectivity index (χ0) is 12.3. The highest BCUT2D eigenvalue weighted by Crippen LogP contribution is 2.24. The highest BCUT2D eigenvalue weighted by Gasteiger charge is 2.21. The monoisotopic (exact) mass is 235 g/mol. The van der Waals surface area contributed by atoms with E-state index in [0.29, 0.717) is 17.9 Å². The predicted octanol–water partition coefficient (Wildman–Crippen LogP) is 3.07. The molecule has 0 aromatic heterocycles. The van der Waals surface area contributed by atoms with Gasteiger partial charge in [-0.15, -0.1) is 0 Å². The molecule has 1 aliphatic rings. The van der Waals surface area contributed by atoms with Crippen molar-refractivity contribution in [2.45, 2.75) is 45.3 Å². The summed E-state index contributed by atoms with van der Waals surface area (Å²) in [6.45, 7) is 5.02. The van der Waals surface area contributed by atoms with E-state index in [-0.39, 0.29) is 0 Å². The standard InChI is InChI=1S/C14H21NO2/c1-3-13-9-11(6-7-17-13)15-14-5-4-12(16)8-10(14)2/h4-5,8,11,13,15-16H,3,6-7,9H2,1-2H3. The Labute approximate surface area is 103 Å². The van der Waals surface area contributed by atoms with Crippen LogP contribution in [-0.4, -0.2) is 23.9 Å². The number of phenolic OH excluding ortho intramolecular Hbond substituents is 1. The molecule has 1 aromatic rings. The van der Waals surface area contributed by atoms with E-state index in [4.69, 9.17) is 4.74 Å². The van der Waals surface area contributed by atoms with Crippen molar-refractivity contribution >= 4 is 5.69 Å². The van der Waals surface area contributed by atoms with Crippen LogP contribution >= 0.6 is 0 Å². The fourth-order valence-corrected chi connectivity index (χ4v) is 2.33. The molecule has 0 radical (unpaired) electrons. The maximum Gasteiger partial charge on any atom is 0.115 e. The van der Waals surface area contributed by atoms with Crippen molar-refractivity contribution in [2.75, 3.05) is 11.9 Å². The molecule has 3 nitrogen and oxygen atoms in total. The third-order valence-corrected chi connectivity index (χ3v) is 3.39. The highest BCUT2D eigenvalue weighted by molar-refractivity contribution is 5.53. The molecule has 0 amide bonds. The Morgan fingerprint density at radius 2 is 2.29 bits per heavy atom. The molecule has 1 aliphatic heterocycles. The summed E-state index contributed by atoms with van der Waals surface area (Å²) < 4.78 is 5.66. The first-order chi connectivity index (χ1) is 8.19. The van der Waals surface area contributed by atoms with Crippen molar-refractivity contribution in [3.63, 3.8) is 0 Å².